The molecule has 0 saturated carbocycles. The summed E-state index contributed by atoms with van der Waals surface area (Å²) < 4.78 is 4.67. The van der Waals surface area contributed by atoms with Crippen LogP contribution in [-0.2, 0) is 14.4 Å². The molecule has 5 heteroatoms. The van der Waals surface area contributed by atoms with E-state index in [1.54, 1.807) is 6.92 Å². The first-order valence-corrected chi connectivity index (χ1v) is 3.82. The Bertz CT molecular complexity index is 110. The third-order valence-electron chi connectivity index (χ3n) is 0.987. The predicted molar refractivity (Wildman–Crippen MR) is 40.8 cm³/mol. The van der Waals surface area contributed by atoms with Crippen LogP contribution in [0, 0.1) is 0 Å². The van der Waals surface area contributed by atoms with Gasteiger partial charge in [0.15, 0.2) is 0 Å². The molecule has 0 aliphatic rings. The third-order valence-corrected chi connectivity index (χ3v) is 1.10. The van der Waals surface area contributed by atoms with Gasteiger partial charge in [-0.1, -0.05) is 0 Å². The van der Waals surface area contributed by atoms with Crippen LogP contribution >= 0.6 is 11.8 Å². The van der Waals surface area contributed by atoms with Crippen molar-refractivity contribution in [1.29, 1.82) is 0 Å². The molecule has 0 fully saturated rings. The number of halogens is 1. The van der Waals surface area contributed by atoms with E-state index in [2.05, 4.69) is 9.57 Å². The molecule has 0 unspecified atom stereocenters. The molecule has 0 heterocycles. The highest BCUT2D eigenvalue weighted by atomic mass is 35.5. The van der Waals surface area contributed by atoms with E-state index in [9.17, 15) is 4.79 Å². The molecule has 0 aromatic heterocycles. The second-order valence-electron chi connectivity index (χ2n) is 1.83. The van der Waals surface area contributed by atoms with E-state index in [1.165, 1.54) is 0 Å². The number of esters is 1. The van der Waals surface area contributed by atoms with Crippen LogP contribution in [0.5, 0.6) is 0 Å². The first-order valence-electron chi connectivity index (χ1n) is 3.44. The van der Waals surface area contributed by atoms with Crippen molar-refractivity contribution in [2.24, 2.45) is 0 Å². The van der Waals surface area contributed by atoms with Gasteiger partial charge in [-0.2, -0.15) is 0 Å². The molecule has 0 spiro atoms. The molecule has 0 aliphatic heterocycles. The third kappa shape index (κ3) is 7.58. The summed E-state index contributed by atoms with van der Waals surface area (Å²) in [6, 6.07) is 0. The summed E-state index contributed by atoms with van der Waals surface area (Å²) in [5, 5.41) is 0. The van der Waals surface area contributed by atoms with E-state index in [-0.39, 0.29) is 5.97 Å². The highest BCUT2D eigenvalue weighted by Crippen LogP contribution is 1.92. The zero-order valence-electron chi connectivity index (χ0n) is 6.43. The second-order valence-corrected chi connectivity index (χ2v) is 1.99. The minimum Gasteiger partial charge on any atom is -0.466 e. The van der Waals surface area contributed by atoms with Crippen molar-refractivity contribution in [1.82, 2.24) is 5.00 Å². The maximum Gasteiger partial charge on any atom is 0.305 e. The minimum atomic E-state index is -0.203. The molecule has 0 aromatic carbocycles. The van der Waals surface area contributed by atoms with Crippen molar-refractivity contribution in [3.63, 3.8) is 0 Å². The number of hydrogen-bond acceptors (Lipinski definition) is 4. The zero-order valence-corrected chi connectivity index (χ0v) is 7.19. The van der Waals surface area contributed by atoms with Crippen molar-refractivity contribution in [3.8, 4) is 0 Å². The number of ether oxygens (including phenoxy) is 1. The van der Waals surface area contributed by atoms with Crippen molar-refractivity contribution < 1.29 is 14.4 Å². The van der Waals surface area contributed by atoms with Crippen LogP contribution < -0.4 is 5.00 Å². The smallest absolute Gasteiger partial charge is 0.305 e. The molecule has 0 atom stereocenters. The Balaban J connectivity index is 3.04. The summed E-state index contributed by atoms with van der Waals surface area (Å²) in [6.07, 6.45) is 0.977. The molecule has 0 rings (SSSR count). The lowest BCUT2D eigenvalue weighted by Gasteiger charge is -2.00. The fourth-order valence-corrected chi connectivity index (χ4v) is 0.638. The maximum atomic E-state index is 10.7. The van der Waals surface area contributed by atoms with Crippen LogP contribution in [0.1, 0.15) is 19.8 Å². The Morgan fingerprint density at radius 3 is 2.91 bits per heavy atom. The molecule has 0 saturated heterocycles. The quantitative estimate of drug-likeness (QED) is 0.288. The van der Waals surface area contributed by atoms with Crippen molar-refractivity contribution >= 4 is 17.7 Å². The summed E-state index contributed by atoms with van der Waals surface area (Å²) in [5.74, 6) is -0.203. The van der Waals surface area contributed by atoms with Crippen molar-refractivity contribution in [2.75, 3.05) is 13.2 Å². The summed E-state index contributed by atoms with van der Waals surface area (Å²) in [6.45, 7) is 2.60. The van der Waals surface area contributed by atoms with Gasteiger partial charge >= 0.3 is 5.97 Å². The highest BCUT2D eigenvalue weighted by Gasteiger charge is 1.99. The van der Waals surface area contributed by atoms with E-state index in [0.29, 0.717) is 26.1 Å². The van der Waals surface area contributed by atoms with Crippen LogP contribution in [0.3, 0.4) is 0 Å². The van der Waals surface area contributed by atoms with Gasteiger partial charge in [-0.25, -0.2) is 0 Å². The van der Waals surface area contributed by atoms with E-state index in [0.717, 1.165) is 0 Å². The van der Waals surface area contributed by atoms with E-state index >= 15 is 0 Å². The van der Waals surface area contributed by atoms with Gasteiger partial charge in [0, 0.05) is 18.2 Å². The minimum absolute atomic E-state index is 0.203. The first kappa shape index (κ1) is 10.7. The van der Waals surface area contributed by atoms with E-state index in [1.807, 2.05) is 5.00 Å². The van der Waals surface area contributed by atoms with Crippen LogP contribution in [0.4, 0.5) is 0 Å². The SMILES string of the molecule is CCOC(=O)CCCONCl. The van der Waals surface area contributed by atoms with Gasteiger partial charge in [0.05, 0.1) is 13.2 Å². The molecule has 1 N–H and O–H groups in total. The topological polar surface area (TPSA) is 47.6 Å². The van der Waals surface area contributed by atoms with Crippen molar-refractivity contribution in [2.45, 2.75) is 19.8 Å². The number of hydrogen-bond donors (Lipinski definition) is 1. The summed E-state index contributed by atoms with van der Waals surface area (Å²) in [4.78, 5) is 17.2. The number of carbonyl (C=O) groups excluding carboxylic acids is 1. The van der Waals surface area contributed by atoms with Gasteiger partial charge < -0.3 is 4.74 Å². The van der Waals surface area contributed by atoms with Gasteiger partial charge in [0.1, 0.15) is 0 Å². The molecule has 11 heavy (non-hydrogen) atoms. The predicted octanol–water partition coefficient (Wildman–Crippen LogP) is 1.00. The molecule has 0 radical (unpaired) electrons. The first-order chi connectivity index (χ1) is 5.31. The normalized spacial score (nSPS) is 9.64. The Morgan fingerprint density at radius 1 is 1.64 bits per heavy atom. The van der Waals surface area contributed by atoms with Gasteiger partial charge in [0.25, 0.3) is 0 Å². The van der Waals surface area contributed by atoms with E-state index in [4.69, 9.17) is 11.8 Å². The second kappa shape index (κ2) is 7.78. The largest absolute Gasteiger partial charge is 0.466 e. The van der Waals surface area contributed by atoms with Gasteiger partial charge in [-0.3, -0.25) is 9.63 Å². The molecule has 0 amide bonds. The lowest BCUT2D eigenvalue weighted by molar-refractivity contribution is -0.143. The molecule has 0 aromatic rings. The van der Waals surface area contributed by atoms with Crippen LogP contribution in [0.2, 0.25) is 0 Å². The average Bonchev–Trinajstić information content (AvgIpc) is 1.99. The molecule has 66 valence electrons. The van der Waals surface area contributed by atoms with E-state index < -0.39 is 0 Å². The van der Waals surface area contributed by atoms with Crippen LogP contribution in [0.25, 0.3) is 0 Å². The van der Waals surface area contributed by atoms with Gasteiger partial charge in [-0.05, 0) is 13.3 Å². The lowest BCUT2D eigenvalue weighted by Crippen LogP contribution is -2.07. The Morgan fingerprint density at radius 2 is 2.36 bits per heavy atom. The van der Waals surface area contributed by atoms with Crippen LogP contribution in [-0.4, -0.2) is 19.2 Å². The Kier molecular flexibility index (Phi) is 7.56. The monoisotopic (exact) mass is 181 g/mol. The van der Waals surface area contributed by atoms with Crippen molar-refractivity contribution in [3.05, 3.63) is 0 Å². The lowest BCUT2D eigenvalue weighted by atomic mass is 10.3. The Hall–Kier alpha value is -0.320. The molecule has 4 nitrogen and oxygen atoms in total. The standard InChI is InChI=1S/C6H12ClNO3/c1-2-10-6(9)4-3-5-11-8-7/h8H,2-5H2,1H3. The maximum absolute atomic E-state index is 10.7. The van der Waals surface area contributed by atoms with Gasteiger partial charge in [0.2, 0.25) is 0 Å². The number of carbonyl (C=O) groups is 1. The number of rotatable bonds is 6. The molecule has 0 aliphatic carbocycles. The highest BCUT2D eigenvalue weighted by molar-refractivity contribution is 6.12. The van der Waals surface area contributed by atoms with Crippen LogP contribution in [0.15, 0.2) is 0 Å². The molecular weight excluding hydrogens is 170 g/mol. The fourth-order valence-electron chi connectivity index (χ4n) is 0.560. The fraction of sp³-hybridized carbons (Fsp3) is 0.833. The number of nitrogens with one attached hydrogen (secondary N) is 1. The molecule has 0 bridgehead atoms. The zero-order chi connectivity index (χ0) is 8.53. The summed E-state index contributed by atoms with van der Waals surface area (Å²) in [5.41, 5.74) is 0. The molecular formula is C6H12ClNO3. The Labute approximate surface area is 70.9 Å². The summed E-state index contributed by atoms with van der Waals surface area (Å²) in [7, 11) is 0. The summed E-state index contributed by atoms with van der Waals surface area (Å²) >= 11 is 4.99. The van der Waals surface area contributed by atoms with Gasteiger partial charge in [-0.15, -0.1) is 5.00 Å². The average molecular weight is 182 g/mol.